The maximum atomic E-state index is 12.5. The Labute approximate surface area is 159 Å². The first-order valence-electron chi connectivity index (χ1n) is 9.02. The van der Waals surface area contributed by atoms with Gasteiger partial charge in [0.15, 0.2) is 9.84 Å². The fraction of sp³-hybridized carbons (Fsp3) is 0.238. The van der Waals surface area contributed by atoms with Gasteiger partial charge in [-0.25, -0.2) is 8.42 Å². The van der Waals surface area contributed by atoms with E-state index in [9.17, 15) is 8.42 Å². The number of nitrogen functional groups attached to an aromatic ring is 1. The molecule has 0 saturated carbocycles. The second kappa shape index (κ2) is 6.87. The average molecular weight is 382 g/mol. The highest BCUT2D eigenvalue weighted by Gasteiger charge is 2.21. The van der Waals surface area contributed by atoms with Gasteiger partial charge in [0.25, 0.3) is 0 Å². The lowest BCUT2D eigenvalue weighted by Crippen LogP contribution is -2.43. The van der Waals surface area contributed by atoms with E-state index in [-0.39, 0.29) is 0 Å². The monoisotopic (exact) mass is 381 g/mol. The number of hydrogen-bond acceptors (Lipinski definition) is 5. The zero-order chi connectivity index (χ0) is 19.0. The Bertz CT molecular complexity index is 1100. The number of nitrogens with two attached hydrogens (primary N) is 1. The summed E-state index contributed by atoms with van der Waals surface area (Å²) in [6.07, 6.45) is 1.25. The molecule has 3 aromatic rings. The van der Waals surface area contributed by atoms with E-state index in [2.05, 4.69) is 10.2 Å². The highest BCUT2D eigenvalue weighted by Crippen LogP contribution is 2.39. The molecular weight excluding hydrogens is 358 g/mol. The molecule has 1 aliphatic rings. The number of fused-ring (bicyclic) bond motifs is 1. The number of benzene rings is 3. The van der Waals surface area contributed by atoms with Gasteiger partial charge in [-0.15, -0.1) is 0 Å². The van der Waals surface area contributed by atoms with Crippen LogP contribution in [-0.4, -0.2) is 40.9 Å². The van der Waals surface area contributed by atoms with Crippen LogP contribution in [0.15, 0.2) is 59.5 Å². The molecule has 0 aliphatic carbocycles. The number of piperazine rings is 1. The van der Waals surface area contributed by atoms with Crippen LogP contribution in [-0.2, 0) is 9.84 Å². The van der Waals surface area contributed by atoms with Crippen LogP contribution in [0.1, 0.15) is 0 Å². The van der Waals surface area contributed by atoms with Crippen LogP contribution in [0.4, 0.5) is 11.4 Å². The first kappa shape index (κ1) is 17.8. The predicted molar refractivity (Wildman–Crippen MR) is 112 cm³/mol. The molecule has 4 rings (SSSR count). The van der Waals surface area contributed by atoms with Gasteiger partial charge in [-0.2, -0.15) is 0 Å². The number of sulfone groups is 1. The van der Waals surface area contributed by atoms with Crippen molar-refractivity contribution in [2.45, 2.75) is 4.90 Å². The third-order valence-electron chi connectivity index (χ3n) is 5.08. The molecule has 0 radical (unpaired) electrons. The predicted octanol–water partition coefficient (Wildman–Crippen LogP) is 2.90. The standard InChI is InChI=1S/C21H23N3O2S/c1-27(25,26)20-9-7-16(24-12-10-23-11-13-24)14-18(20)21-17-5-3-2-4-15(17)6-8-19(21)22/h2-9,14,23H,10-13,22H2,1H3. The molecule has 3 aromatic carbocycles. The lowest BCUT2D eigenvalue weighted by atomic mass is 9.96. The van der Waals surface area contributed by atoms with Gasteiger partial charge in [0.2, 0.25) is 0 Å². The minimum Gasteiger partial charge on any atom is -0.398 e. The summed E-state index contributed by atoms with van der Waals surface area (Å²) in [5.74, 6) is 0. The zero-order valence-electron chi connectivity index (χ0n) is 15.3. The minimum absolute atomic E-state index is 0.310. The molecule has 6 heteroatoms. The van der Waals surface area contributed by atoms with E-state index in [4.69, 9.17) is 5.73 Å². The van der Waals surface area contributed by atoms with E-state index in [1.165, 1.54) is 6.26 Å². The topological polar surface area (TPSA) is 75.4 Å². The van der Waals surface area contributed by atoms with E-state index < -0.39 is 9.84 Å². The Hall–Kier alpha value is -2.57. The van der Waals surface area contributed by atoms with Crippen LogP contribution < -0.4 is 16.0 Å². The second-order valence-electron chi connectivity index (χ2n) is 6.94. The summed E-state index contributed by atoms with van der Waals surface area (Å²) in [5.41, 5.74) is 9.39. The summed E-state index contributed by atoms with van der Waals surface area (Å²) in [4.78, 5) is 2.58. The van der Waals surface area contributed by atoms with E-state index in [1.807, 2.05) is 48.5 Å². The minimum atomic E-state index is -3.40. The fourth-order valence-electron chi connectivity index (χ4n) is 3.75. The molecule has 3 N–H and O–H groups in total. The van der Waals surface area contributed by atoms with Gasteiger partial charge >= 0.3 is 0 Å². The quantitative estimate of drug-likeness (QED) is 0.683. The fourth-order valence-corrected chi connectivity index (χ4v) is 4.62. The zero-order valence-corrected chi connectivity index (χ0v) is 16.1. The normalized spacial score (nSPS) is 15.2. The SMILES string of the molecule is CS(=O)(=O)c1ccc(N2CCNCC2)cc1-c1c(N)ccc2ccccc12. The third kappa shape index (κ3) is 3.38. The summed E-state index contributed by atoms with van der Waals surface area (Å²) >= 11 is 0. The lowest BCUT2D eigenvalue weighted by molar-refractivity contribution is 0.589. The van der Waals surface area contributed by atoms with Crippen molar-refractivity contribution < 1.29 is 8.42 Å². The van der Waals surface area contributed by atoms with Crippen LogP contribution in [0.5, 0.6) is 0 Å². The van der Waals surface area contributed by atoms with E-state index in [0.29, 0.717) is 16.1 Å². The van der Waals surface area contributed by atoms with Crippen molar-refractivity contribution >= 4 is 32.0 Å². The van der Waals surface area contributed by atoms with Crippen molar-refractivity contribution in [3.8, 4) is 11.1 Å². The van der Waals surface area contributed by atoms with Crippen LogP contribution in [0.25, 0.3) is 21.9 Å². The van der Waals surface area contributed by atoms with Gasteiger partial charge in [-0.3, -0.25) is 0 Å². The Balaban J connectivity index is 1.99. The van der Waals surface area contributed by atoms with Gasteiger partial charge in [-0.05, 0) is 35.0 Å². The molecule has 0 aromatic heterocycles. The number of hydrogen-bond donors (Lipinski definition) is 2. The summed E-state index contributed by atoms with van der Waals surface area (Å²) in [6.45, 7) is 3.62. The largest absolute Gasteiger partial charge is 0.398 e. The molecule has 1 saturated heterocycles. The maximum Gasteiger partial charge on any atom is 0.176 e. The molecule has 1 aliphatic heterocycles. The van der Waals surface area contributed by atoms with E-state index >= 15 is 0 Å². The molecule has 0 atom stereocenters. The molecule has 0 spiro atoms. The third-order valence-corrected chi connectivity index (χ3v) is 6.23. The van der Waals surface area contributed by atoms with Crippen molar-refractivity contribution in [2.24, 2.45) is 0 Å². The summed E-state index contributed by atoms with van der Waals surface area (Å²) < 4.78 is 25.0. The molecule has 1 fully saturated rings. The van der Waals surface area contributed by atoms with Crippen LogP contribution in [0, 0.1) is 0 Å². The van der Waals surface area contributed by atoms with E-state index in [0.717, 1.165) is 48.2 Å². The van der Waals surface area contributed by atoms with Gasteiger partial charge in [0.05, 0.1) is 4.90 Å². The average Bonchev–Trinajstić information content (AvgIpc) is 2.67. The molecular formula is C21H23N3O2S. The Morgan fingerprint density at radius 2 is 1.74 bits per heavy atom. The molecule has 0 amide bonds. The van der Waals surface area contributed by atoms with Crippen LogP contribution in [0.2, 0.25) is 0 Å². The Morgan fingerprint density at radius 1 is 1.00 bits per heavy atom. The van der Waals surface area contributed by atoms with Gasteiger partial charge in [-0.1, -0.05) is 30.3 Å². The smallest absolute Gasteiger partial charge is 0.176 e. The van der Waals surface area contributed by atoms with Crippen molar-refractivity contribution in [3.63, 3.8) is 0 Å². The second-order valence-corrected chi connectivity index (χ2v) is 8.92. The molecule has 1 heterocycles. The Morgan fingerprint density at radius 3 is 2.48 bits per heavy atom. The molecule has 0 bridgehead atoms. The number of nitrogens with zero attached hydrogens (tertiary/aromatic N) is 1. The Kier molecular flexibility index (Phi) is 4.53. The van der Waals surface area contributed by atoms with Gasteiger partial charge in [0, 0.05) is 54.9 Å². The molecule has 140 valence electrons. The molecule has 0 unspecified atom stereocenters. The summed E-state index contributed by atoms with van der Waals surface area (Å²) in [5, 5.41) is 5.34. The summed E-state index contributed by atoms with van der Waals surface area (Å²) in [6, 6.07) is 17.3. The molecule has 27 heavy (non-hydrogen) atoms. The van der Waals surface area contributed by atoms with Crippen LogP contribution >= 0.6 is 0 Å². The van der Waals surface area contributed by atoms with Gasteiger partial charge in [0.1, 0.15) is 0 Å². The van der Waals surface area contributed by atoms with Crippen LogP contribution in [0.3, 0.4) is 0 Å². The van der Waals surface area contributed by atoms with Crippen molar-refractivity contribution in [2.75, 3.05) is 43.1 Å². The summed E-state index contributed by atoms with van der Waals surface area (Å²) in [7, 11) is -3.40. The highest BCUT2D eigenvalue weighted by atomic mass is 32.2. The van der Waals surface area contributed by atoms with Crippen molar-refractivity contribution in [3.05, 3.63) is 54.6 Å². The number of nitrogens with one attached hydrogen (secondary N) is 1. The van der Waals surface area contributed by atoms with Gasteiger partial charge < -0.3 is 16.0 Å². The first-order valence-corrected chi connectivity index (χ1v) is 10.9. The lowest BCUT2D eigenvalue weighted by Gasteiger charge is -2.30. The highest BCUT2D eigenvalue weighted by molar-refractivity contribution is 7.90. The van der Waals surface area contributed by atoms with E-state index in [1.54, 1.807) is 6.07 Å². The molecule has 5 nitrogen and oxygen atoms in total. The maximum absolute atomic E-state index is 12.5. The number of anilines is 2. The number of rotatable bonds is 3. The van der Waals surface area contributed by atoms with Crippen molar-refractivity contribution in [1.29, 1.82) is 0 Å². The first-order chi connectivity index (χ1) is 12.9. The van der Waals surface area contributed by atoms with Crippen molar-refractivity contribution in [1.82, 2.24) is 5.32 Å².